The van der Waals surface area contributed by atoms with Gasteiger partial charge in [-0.3, -0.25) is 9.59 Å². The Morgan fingerprint density at radius 3 is 2.64 bits per heavy atom. The molecule has 0 radical (unpaired) electrons. The van der Waals surface area contributed by atoms with Gasteiger partial charge in [0, 0.05) is 35.7 Å². The Kier molecular flexibility index (Phi) is 3.76. The highest BCUT2D eigenvalue weighted by molar-refractivity contribution is 8.00. The van der Waals surface area contributed by atoms with E-state index in [1.165, 1.54) is 0 Å². The van der Waals surface area contributed by atoms with Crippen molar-refractivity contribution in [3.63, 3.8) is 0 Å². The second-order valence-corrected chi connectivity index (χ2v) is 6.27. The summed E-state index contributed by atoms with van der Waals surface area (Å²) in [6.07, 6.45) is 1.83. The zero-order valence-electron chi connectivity index (χ0n) is 9.13. The predicted molar refractivity (Wildman–Crippen MR) is 59.6 cm³/mol. The van der Waals surface area contributed by atoms with Gasteiger partial charge in [-0.1, -0.05) is 20.8 Å². The first-order chi connectivity index (χ1) is 6.39. The molecule has 1 fully saturated rings. The predicted octanol–water partition coefficient (Wildman–Crippen LogP) is 2.46. The molecule has 0 spiro atoms. The quantitative estimate of drug-likeness (QED) is 0.708. The minimum atomic E-state index is -0.263. The first-order valence-electron chi connectivity index (χ1n) is 5.06. The average molecular weight is 214 g/mol. The number of ketones is 2. The second kappa shape index (κ2) is 4.47. The molecule has 1 saturated heterocycles. The molecule has 0 aromatic carbocycles. The Bertz CT molecular complexity index is 240. The van der Waals surface area contributed by atoms with Crippen LogP contribution in [-0.2, 0) is 9.59 Å². The fraction of sp³-hybridized carbons (Fsp3) is 0.818. The number of hydrogen-bond donors (Lipinski definition) is 0. The molecule has 1 heterocycles. The third kappa shape index (κ3) is 3.45. The van der Waals surface area contributed by atoms with Gasteiger partial charge in [0.2, 0.25) is 0 Å². The minimum Gasteiger partial charge on any atom is -0.300 e. The van der Waals surface area contributed by atoms with E-state index in [0.717, 1.165) is 5.75 Å². The fourth-order valence-electron chi connectivity index (χ4n) is 1.40. The lowest BCUT2D eigenvalue weighted by Gasteiger charge is -2.23. The molecule has 2 nitrogen and oxygen atoms in total. The molecule has 1 aliphatic rings. The van der Waals surface area contributed by atoms with Crippen molar-refractivity contribution in [2.24, 2.45) is 5.41 Å². The third-order valence-corrected chi connectivity index (χ3v) is 3.68. The number of hydrogen-bond acceptors (Lipinski definition) is 3. The molecule has 0 saturated carbocycles. The topological polar surface area (TPSA) is 34.1 Å². The maximum atomic E-state index is 11.7. The second-order valence-electron chi connectivity index (χ2n) is 4.86. The molecular formula is C11H18O2S. The van der Waals surface area contributed by atoms with Gasteiger partial charge in [-0.05, 0) is 0 Å². The van der Waals surface area contributed by atoms with Crippen LogP contribution >= 0.6 is 11.8 Å². The molecule has 1 aliphatic heterocycles. The van der Waals surface area contributed by atoms with Gasteiger partial charge in [0.15, 0.2) is 0 Å². The summed E-state index contributed by atoms with van der Waals surface area (Å²) >= 11 is 1.77. The van der Waals surface area contributed by atoms with Crippen molar-refractivity contribution in [3.05, 3.63) is 0 Å². The molecule has 0 N–H and O–H groups in total. The van der Waals surface area contributed by atoms with Crippen molar-refractivity contribution >= 4 is 23.3 Å². The van der Waals surface area contributed by atoms with Crippen molar-refractivity contribution in [2.75, 3.05) is 5.75 Å². The van der Waals surface area contributed by atoms with Crippen molar-refractivity contribution in [3.8, 4) is 0 Å². The molecule has 1 unspecified atom stereocenters. The third-order valence-electron chi connectivity index (χ3n) is 2.44. The summed E-state index contributed by atoms with van der Waals surface area (Å²) in [4.78, 5) is 22.9. The lowest BCUT2D eigenvalue weighted by molar-refractivity contribution is -0.126. The molecule has 14 heavy (non-hydrogen) atoms. The number of carbonyl (C=O) groups excluding carboxylic acids is 2. The van der Waals surface area contributed by atoms with Crippen LogP contribution in [0.15, 0.2) is 0 Å². The van der Waals surface area contributed by atoms with Crippen LogP contribution in [0.5, 0.6) is 0 Å². The molecule has 0 aromatic heterocycles. The van der Waals surface area contributed by atoms with Crippen molar-refractivity contribution in [2.45, 2.75) is 45.3 Å². The van der Waals surface area contributed by atoms with Crippen LogP contribution in [0, 0.1) is 5.41 Å². The van der Waals surface area contributed by atoms with E-state index in [-0.39, 0.29) is 16.4 Å². The van der Waals surface area contributed by atoms with Crippen LogP contribution in [0.25, 0.3) is 0 Å². The number of thioether (sulfide) groups is 1. The number of Topliss-reactive ketones (excluding diaryl/α,β-unsaturated/α-hetero) is 2. The zero-order valence-corrected chi connectivity index (χ0v) is 9.95. The Hall–Kier alpha value is -0.310. The summed E-state index contributed by atoms with van der Waals surface area (Å²) in [5.41, 5.74) is -0.263. The lowest BCUT2D eigenvalue weighted by atomic mass is 9.87. The summed E-state index contributed by atoms with van der Waals surface area (Å²) in [5, 5.41) is 0.239. The molecule has 1 rings (SSSR count). The highest BCUT2D eigenvalue weighted by Gasteiger charge is 2.27. The monoisotopic (exact) mass is 214 g/mol. The van der Waals surface area contributed by atoms with Crippen LogP contribution in [0.4, 0.5) is 0 Å². The summed E-state index contributed by atoms with van der Waals surface area (Å²) in [7, 11) is 0. The van der Waals surface area contributed by atoms with Crippen LogP contribution in [0.1, 0.15) is 40.0 Å². The van der Waals surface area contributed by atoms with E-state index in [2.05, 4.69) is 0 Å². The molecule has 0 amide bonds. The first-order valence-corrected chi connectivity index (χ1v) is 6.11. The van der Waals surface area contributed by atoms with E-state index >= 15 is 0 Å². The van der Waals surface area contributed by atoms with Gasteiger partial charge in [0.05, 0.1) is 0 Å². The maximum Gasteiger partial charge on any atom is 0.139 e. The van der Waals surface area contributed by atoms with Crippen molar-refractivity contribution in [1.29, 1.82) is 0 Å². The van der Waals surface area contributed by atoms with Crippen LogP contribution in [-0.4, -0.2) is 22.6 Å². The van der Waals surface area contributed by atoms with Crippen LogP contribution in [0.2, 0.25) is 0 Å². The Morgan fingerprint density at radius 2 is 2.14 bits per heavy atom. The van der Waals surface area contributed by atoms with Gasteiger partial charge in [0.1, 0.15) is 11.6 Å². The molecule has 1 atom stereocenters. The van der Waals surface area contributed by atoms with E-state index < -0.39 is 0 Å². The van der Waals surface area contributed by atoms with Crippen molar-refractivity contribution in [1.82, 2.24) is 0 Å². The highest BCUT2D eigenvalue weighted by Crippen LogP contribution is 2.29. The lowest BCUT2D eigenvalue weighted by Crippen LogP contribution is -2.27. The van der Waals surface area contributed by atoms with E-state index in [0.29, 0.717) is 25.0 Å². The smallest absolute Gasteiger partial charge is 0.139 e. The van der Waals surface area contributed by atoms with Gasteiger partial charge in [-0.25, -0.2) is 0 Å². The van der Waals surface area contributed by atoms with Gasteiger partial charge in [0.25, 0.3) is 0 Å². The number of rotatable bonds is 2. The molecule has 3 heteroatoms. The van der Waals surface area contributed by atoms with Gasteiger partial charge in [-0.15, -0.1) is 0 Å². The minimum absolute atomic E-state index is 0.239. The Balaban J connectivity index is 2.44. The average Bonchev–Trinajstić information content (AvgIpc) is 2.02. The fourth-order valence-corrected chi connectivity index (χ4v) is 2.65. The summed E-state index contributed by atoms with van der Waals surface area (Å²) in [6.45, 7) is 5.81. The molecule has 0 bridgehead atoms. The highest BCUT2D eigenvalue weighted by atomic mass is 32.2. The summed E-state index contributed by atoms with van der Waals surface area (Å²) < 4.78 is 0. The van der Waals surface area contributed by atoms with E-state index in [4.69, 9.17) is 0 Å². The first kappa shape index (κ1) is 11.8. The largest absolute Gasteiger partial charge is 0.300 e. The van der Waals surface area contributed by atoms with Crippen LogP contribution < -0.4 is 0 Å². The molecule has 0 aliphatic carbocycles. The maximum absolute atomic E-state index is 11.7. The number of carbonyl (C=O) groups is 2. The molecule has 80 valence electrons. The van der Waals surface area contributed by atoms with E-state index in [1.54, 1.807) is 11.8 Å². The SMILES string of the molecule is CC(C)(C)C(=O)CC1CC(=O)CCS1. The molecular weight excluding hydrogens is 196 g/mol. The normalized spacial score (nSPS) is 23.6. The van der Waals surface area contributed by atoms with E-state index in [1.807, 2.05) is 20.8 Å². The molecule has 0 aromatic rings. The van der Waals surface area contributed by atoms with Crippen molar-refractivity contribution < 1.29 is 9.59 Å². The summed E-state index contributed by atoms with van der Waals surface area (Å²) in [6, 6.07) is 0. The van der Waals surface area contributed by atoms with Crippen LogP contribution in [0.3, 0.4) is 0 Å². The summed E-state index contributed by atoms with van der Waals surface area (Å²) in [5.74, 6) is 1.47. The Morgan fingerprint density at radius 1 is 1.50 bits per heavy atom. The van der Waals surface area contributed by atoms with Gasteiger partial charge < -0.3 is 0 Å². The standard InChI is InChI=1S/C11H18O2S/c1-11(2,3)10(13)7-9-6-8(12)4-5-14-9/h9H,4-7H2,1-3H3. The van der Waals surface area contributed by atoms with Gasteiger partial charge in [-0.2, -0.15) is 11.8 Å². The van der Waals surface area contributed by atoms with Gasteiger partial charge >= 0.3 is 0 Å². The zero-order chi connectivity index (χ0) is 10.8. The van der Waals surface area contributed by atoms with E-state index in [9.17, 15) is 9.59 Å². The Labute approximate surface area is 89.8 Å².